The molecule has 0 saturated heterocycles. The highest BCUT2D eigenvalue weighted by molar-refractivity contribution is 5.97. The lowest BCUT2D eigenvalue weighted by Gasteiger charge is -2.19. The van der Waals surface area contributed by atoms with Gasteiger partial charge in [-0.05, 0) is 42.2 Å². The lowest BCUT2D eigenvalue weighted by molar-refractivity contribution is 0.0932. The van der Waals surface area contributed by atoms with E-state index in [1.807, 2.05) is 47.1 Å². The zero-order valence-electron chi connectivity index (χ0n) is 18.7. The summed E-state index contributed by atoms with van der Waals surface area (Å²) in [6, 6.07) is 21.0. The predicted octanol–water partition coefficient (Wildman–Crippen LogP) is 4.81. The third-order valence-corrected chi connectivity index (χ3v) is 5.34. The molecule has 2 aromatic carbocycles. The van der Waals surface area contributed by atoms with Crippen molar-refractivity contribution >= 4 is 16.9 Å². The molecule has 0 radical (unpaired) electrons. The van der Waals surface area contributed by atoms with Gasteiger partial charge in [0.15, 0.2) is 5.65 Å². The van der Waals surface area contributed by atoms with Crippen LogP contribution in [0.1, 0.15) is 41.5 Å². The number of hydrogen-bond donors (Lipinski definition) is 1. The number of fused-ring (bicyclic) bond motifs is 1. The van der Waals surface area contributed by atoms with Crippen LogP contribution in [0.4, 0.5) is 0 Å². The Bertz CT molecular complexity index is 1200. The van der Waals surface area contributed by atoms with Crippen molar-refractivity contribution in [1.29, 1.82) is 0 Å². The quantitative estimate of drug-likeness (QED) is 0.437. The van der Waals surface area contributed by atoms with Gasteiger partial charge in [-0.3, -0.25) is 4.79 Å². The van der Waals surface area contributed by atoms with Gasteiger partial charge in [-0.25, -0.2) is 9.67 Å². The molecule has 32 heavy (non-hydrogen) atoms. The van der Waals surface area contributed by atoms with E-state index in [-0.39, 0.29) is 11.9 Å². The second kappa shape index (κ2) is 9.64. The molecule has 0 spiro atoms. The minimum atomic E-state index is -0.324. The molecule has 1 atom stereocenters. The first kappa shape index (κ1) is 21.6. The normalized spacial score (nSPS) is 12.1. The van der Waals surface area contributed by atoms with E-state index in [0.717, 1.165) is 28.8 Å². The molecular formula is C26H28N4O2. The van der Waals surface area contributed by atoms with Crippen molar-refractivity contribution in [3.05, 3.63) is 89.7 Å². The number of hydrogen-bond acceptors (Lipinski definition) is 4. The minimum Gasteiger partial charge on any atom is -0.496 e. The standard InChI is InChI=1S/C26H28N4O2/c1-18(2)17-30-25-21(13-9-15-27-25)24(29-30)22(16-19-10-5-4-6-11-19)28-26(31)20-12-7-8-14-23(20)32-3/h4-15,18,22H,16-17H2,1-3H3,(H,28,31)/t22-/m1/s1. The predicted molar refractivity (Wildman–Crippen MR) is 126 cm³/mol. The third kappa shape index (κ3) is 4.64. The first-order chi connectivity index (χ1) is 15.6. The number of methoxy groups -OCH3 is 1. The van der Waals surface area contributed by atoms with Crippen molar-refractivity contribution in [2.24, 2.45) is 5.92 Å². The summed E-state index contributed by atoms with van der Waals surface area (Å²) in [7, 11) is 1.57. The Morgan fingerprint density at radius 1 is 1.03 bits per heavy atom. The molecule has 2 heterocycles. The molecule has 0 saturated carbocycles. The number of para-hydroxylation sites is 1. The van der Waals surface area contributed by atoms with Crippen LogP contribution < -0.4 is 10.1 Å². The summed E-state index contributed by atoms with van der Waals surface area (Å²) in [4.78, 5) is 17.9. The summed E-state index contributed by atoms with van der Waals surface area (Å²) in [6.45, 7) is 5.06. The summed E-state index contributed by atoms with van der Waals surface area (Å²) < 4.78 is 7.35. The molecule has 0 fully saturated rings. The van der Waals surface area contributed by atoms with Gasteiger partial charge < -0.3 is 10.1 Å². The monoisotopic (exact) mass is 428 g/mol. The topological polar surface area (TPSA) is 69.0 Å². The van der Waals surface area contributed by atoms with E-state index in [4.69, 9.17) is 9.84 Å². The Hall–Kier alpha value is -3.67. The number of carbonyl (C=O) groups excluding carboxylic acids is 1. The zero-order valence-corrected chi connectivity index (χ0v) is 18.7. The number of aromatic nitrogens is 3. The van der Waals surface area contributed by atoms with Gasteiger partial charge in [0.05, 0.1) is 24.4 Å². The van der Waals surface area contributed by atoms with Crippen LogP contribution >= 0.6 is 0 Å². The van der Waals surface area contributed by atoms with E-state index in [1.165, 1.54) is 0 Å². The molecular weight excluding hydrogens is 400 g/mol. The van der Waals surface area contributed by atoms with Crippen LogP contribution in [0, 0.1) is 5.92 Å². The second-order valence-corrected chi connectivity index (χ2v) is 8.25. The molecule has 0 aliphatic rings. The van der Waals surface area contributed by atoms with Crippen LogP contribution in [0.3, 0.4) is 0 Å². The Balaban J connectivity index is 1.76. The molecule has 4 aromatic rings. The number of amides is 1. The molecule has 1 N–H and O–H groups in total. The zero-order chi connectivity index (χ0) is 22.5. The smallest absolute Gasteiger partial charge is 0.255 e. The van der Waals surface area contributed by atoms with Crippen LogP contribution in [0.5, 0.6) is 5.75 Å². The highest BCUT2D eigenvalue weighted by Crippen LogP contribution is 2.27. The maximum absolute atomic E-state index is 13.3. The van der Waals surface area contributed by atoms with E-state index in [2.05, 4.69) is 36.3 Å². The molecule has 2 aromatic heterocycles. The number of benzene rings is 2. The van der Waals surface area contributed by atoms with Crippen molar-refractivity contribution < 1.29 is 9.53 Å². The fourth-order valence-electron chi connectivity index (χ4n) is 3.90. The fourth-order valence-corrected chi connectivity index (χ4v) is 3.90. The Labute approximate surface area is 188 Å². The summed E-state index contributed by atoms with van der Waals surface area (Å²) >= 11 is 0. The maximum Gasteiger partial charge on any atom is 0.255 e. The number of rotatable bonds is 8. The number of nitrogens with zero attached hydrogens (tertiary/aromatic N) is 3. The van der Waals surface area contributed by atoms with Gasteiger partial charge in [-0.2, -0.15) is 5.10 Å². The van der Waals surface area contributed by atoms with Gasteiger partial charge in [0.25, 0.3) is 5.91 Å². The average molecular weight is 429 g/mol. The summed E-state index contributed by atoms with van der Waals surface area (Å²) in [5, 5.41) is 9.09. The molecule has 0 bridgehead atoms. The van der Waals surface area contributed by atoms with Crippen LogP contribution in [0.25, 0.3) is 11.0 Å². The first-order valence-corrected chi connectivity index (χ1v) is 10.9. The van der Waals surface area contributed by atoms with Gasteiger partial charge in [-0.15, -0.1) is 0 Å². The summed E-state index contributed by atoms with van der Waals surface area (Å²) in [6.07, 6.45) is 2.40. The Morgan fingerprint density at radius 3 is 2.53 bits per heavy atom. The summed E-state index contributed by atoms with van der Waals surface area (Å²) in [5.74, 6) is 0.767. The van der Waals surface area contributed by atoms with Crippen LogP contribution in [0.15, 0.2) is 72.9 Å². The molecule has 6 heteroatoms. The Kier molecular flexibility index (Phi) is 6.50. The van der Waals surface area contributed by atoms with E-state index in [9.17, 15) is 4.79 Å². The lowest BCUT2D eigenvalue weighted by atomic mass is 10.0. The molecule has 4 rings (SSSR count). The largest absolute Gasteiger partial charge is 0.496 e. The van der Waals surface area contributed by atoms with Crippen molar-refractivity contribution in [1.82, 2.24) is 20.1 Å². The highest BCUT2D eigenvalue weighted by Gasteiger charge is 2.24. The number of nitrogens with one attached hydrogen (secondary N) is 1. The molecule has 0 aliphatic carbocycles. The highest BCUT2D eigenvalue weighted by atomic mass is 16.5. The van der Waals surface area contributed by atoms with Gasteiger partial charge in [0.1, 0.15) is 5.75 Å². The molecule has 6 nitrogen and oxygen atoms in total. The lowest BCUT2D eigenvalue weighted by Crippen LogP contribution is -2.31. The molecule has 0 aliphatic heterocycles. The van der Waals surface area contributed by atoms with Gasteiger partial charge >= 0.3 is 0 Å². The van der Waals surface area contributed by atoms with Crippen molar-refractivity contribution in [2.45, 2.75) is 32.9 Å². The minimum absolute atomic E-state index is 0.196. The molecule has 1 amide bonds. The maximum atomic E-state index is 13.3. The fraction of sp³-hybridized carbons (Fsp3) is 0.269. The number of carbonyl (C=O) groups is 1. The van der Waals surface area contributed by atoms with E-state index in [0.29, 0.717) is 23.7 Å². The van der Waals surface area contributed by atoms with Gasteiger partial charge in [0, 0.05) is 18.1 Å². The molecule has 164 valence electrons. The molecule has 0 unspecified atom stereocenters. The van der Waals surface area contributed by atoms with E-state index >= 15 is 0 Å². The first-order valence-electron chi connectivity index (χ1n) is 10.9. The third-order valence-electron chi connectivity index (χ3n) is 5.34. The van der Waals surface area contributed by atoms with Crippen LogP contribution in [-0.2, 0) is 13.0 Å². The van der Waals surface area contributed by atoms with Gasteiger partial charge in [-0.1, -0.05) is 56.3 Å². The van der Waals surface area contributed by atoms with Crippen molar-refractivity contribution in [2.75, 3.05) is 7.11 Å². The van der Waals surface area contributed by atoms with Crippen molar-refractivity contribution in [3.63, 3.8) is 0 Å². The average Bonchev–Trinajstić information content (AvgIpc) is 3.17. The van der Waals surface area contributed by atoms with E-state index in [1.54, 1.807) is 25.4 Å². The van der Waals surface area contributed by atoms with Crippen LogP contribution in [-0.4, -0.2) is 27.8 Å². The Morgan fingerprint density at radius 2 is 1.78 bits per heavy atom. The van der Waals surface area contributed by atoms with Crippen LogP contribution in [0.2, 0.25) is 0 Å². The van der Waals surface area contributed by atoms with Gasteiger partial charge in [0.2, 0.25) is 0 Å². The SMILES string of the molecule is COc1ccccc1C(=O)N[C@H](Cc1ccccc1)c1nn(CC(C)C)c2ncccc12. The number of pyridine rings is 1. The van der Waals surface area contributed by atoms with E-state index < -0.39 is 0 Å². The van der Waals surface area contributed by atoms with Crippen molar-refractivity contribution in [3.8, 4) is 5.75 Å². The summed E-state index contributed by atoms with van der Waals surface area (Å²) in [5.41, 5.74) is 3.27. The second-order valence-electron chi connectivity index (χ2n) is 8.25. The number of ether oxygens (including phenoxy) is 1.